The number of pyridine rings is 1. The van der Waals surface area contributed by atoms with Gasteiger partial charge in [-0.3, -0.25) is 14.6 Å². The summed E-state index contributed by atoms with van der Waals surface area (Å²) in [5.41, 5.74) is 1.24. The van der Waals surface area contributed by atoms with Gasteiger partial charge in [-0.05, 0) is 44.7 Å². The Morgan fingerprint density at radius 3 is 2.68 bits per heavy atom. The number of aryl methyl sites for hydroxylation is 2. The van der Waals surface area contributed by atoms with Crippen LogP contribution in [0.25, 0.3) is 10.9 Å². The zero-order chi connectivity index (χ0) is 18.2. The average Bonchev–Trinajstić information content (AvgIpc) is 2.55. The molecule has 3 rings (SSSR count). The Morgan fingerprint density at radius 2 is 2.08 bits per heavy atom. The number of nitrogens with zero attached hydrogens (tertiary/aromatic N) is 3. The van der Waals surface area contributed by atoms with Gasteiger partial charge in [0.05, 0.1) is 22.2 Å². The molecule has 0 bridgehead atoms. The van der Waals surface area contributed by atoms with Gasteiger partial charge in [-0.15, -0.1) is 0 Å². The summed E-state index contributed by atoms with van der Waals surface area (Å²) in [5.74, 6) is -0.269. The molecule has 0 radical (unpaired) electrons. The maximum absolute atomic E-state index is 12.6. The fourth-order valence-corrected chi connectivity index (χ4v) is 3.33. The first-order chi connectivity index (χ1) is 11.8. The van der Waals surface area contributed by atoms with Crippen LogP contribution in [-0.4, -0.2) is 37.4 Å². The maximum Gasteiger partial charge on any atom is 0.276 e. The molecule has 2 N–H and O–H groups in total. The summed E-state index contributed by atoms with van der Waals surface area (Å²) >= 11 is 0. The van der Waals surface area contributed by atoms with Crippen molar-refractivity contribution in [1.29, 1.82) is 0 Å². The highest BCUT2D eigenvalue weighted by atomic mass is 16.3. The first-order valence-corrected chi connectivity index (χ1v) is 8.74. The lowest BCUT2D eigenvalue weighted by molar-refractivity contribution is -0.125. The van der Waals surface area contributed by atoms with Gasteiger partial charge in [0.1, 0.15) is 6.54 Å². The summed E-state index contributed by atoms with van der Waals surface area (Å²) in [6, 6.07) is 3.56. The highest BCUT2D eigenvalue weighted by Gasteiger charge is 2.39. The smallest absolute Gasteiger partial charge is 0.276 e. The van der Waals surface area contributed by atoms with E-state index in [1.807, 2.05) is 19.9 Å². The van der Waals surface area contributed by atoms with Crippen molar-refractivity contribution in [3.63, 3.8) is 0 Å². The van der Waals surface area contributed by atoms with Crippen molar-refractivity contribution in [2.24, 2.45) is 0 Å². The number of carbonyl (C=O) groups is 1. The Kier molecular flexibility index (Phi) is 4.60. The van der Waals surface area contributed by atoms with E-state index in [2.05, 4.69) is 15.4 Å². The van der Waals surface area contributed by atoms with E-state index < -0.39 is 5.60 Å². The fourth-order valence-electron chi connectivity index (χ4n) is 3.33. The molecule has 0 atom stereocenters. The quantitative estimate of drug-likeness (QED) is 0.841. The number of amides is 1. The van der Waals surface area contributed by atoms with Gasteiger partial charge < -0.3 is 10.4 Å². The molecule has 1 fully saturated rings. The first-order valence-electron chi connectivity index (χ1n) is 8.74. The topological polar surface area (TPSA) is 97.1 Å². The van der Waals surface area contributed by atoms with Gasteiger partial charge in [0.15, 0.2) is 0 Å². The second kappa shape index (κ2) is 6.55. The molecule has 134 valence electrons. The molecule has 1 saturated carbocycles. The molecule has 0 aliphatic heterocycles. The van der Waals surface area contributed by atoms with Crippen LogP contribution in [-0.2, 0) is 24.2 Å². The van der Waals surface area contributed by atoms with Gasteiger partial charge in [0.2, 0.25) is 5.91 Å². The maximum atomic E-state index is 12.6. The van der Waals surface area contributed by atoms with Gasteiger partial charge in [-0.2, -0.15) is 5.10 Å². The number of aromatic nitrogens is 3. The largest absolute Gasteiger partial charge is 0.390 e. The third kappa shape index (κ3) is 3.56. The van der Waals surface area contributed by atoms with Crippen LogP contribution in [0.4, 0.5) is 0 Å². The van der Waals surface area contributed by atoms with Crippen LogP contribution < -0.4 is 10.9 Å². The monoisotopic (exact) mass is 344 g/mol. The number of fused-ring (bicyclic) bond motifs is 1. The zero-order valence-electron chi connectivity index (χ0n) is 14.9. The Hall–Kier alpha value is -2.28. The molecule has 2 aromatic rings. The average molecular weight is 344 g/mol. The van der Waals surface area contributed by atoms with E-state index in [0.29, 0.717) is 35.9 Å². The molecular weight excluding hydrogens is 320 g/mol. The molecule has 25 heavy (non-hydrogen) atoms. The number of carbonyl (C=O) groups excluding carboxylic acids is 1. The van der Waals surface area contributed by atoms with Crippen molar-refractivity contribution >= 4 is 16.8 Å². The number of hydrogen-bond acceptors (Lipinski definition) is 5. The van der Waals surface area contributed by atoms with Gasteiger partial charge in [-0.1, -0.05) is 13.8 Å². The summed E-state index contributed by atoms with van der Waals surface area (Å²) in [5, 5.41) is 17.4. The Bertz CT molecular complexity index is 864. The molecule has 0 saturated heterocycles. The van der Waals surface area contributed by atoms with Crippen LogP contribution in [0.3, 0.4) is 0 Å². The highest BCUT2D eigenvalue weighted by Crippen LogP contribution is 2.31. The summed E-state index contributed by atoms with van der Waals surface area (Å²) in [6.45, 7) is 5.58. The zero-order valence-corrected chi connectivity index (χ0v) is 14.9. The SMILES string of the molecule is CCc1ccc2c(=O)n(CC(=O)NC3CC(C)(O)C3)nc(CC)c2n1. The van der Waals surface area contributed by atoms with Crippen LogP contribution >= 0.6 is 0 Å². The predicted octanol–water partition coefficient (Wildman–Crippen LogP) is 0.946. The first kappa shape index (κ1) is 17.5. The second-order valence-corrected chi connectivity index (χ2v) is 6.98. The van der Waals surface area contributed by atoms with E-state index in [4.69, 9.17) is 0 Å². The van der Waals surface area contributed by atoms with E-state index in [-0.39, 0.29) is 24.1 Å². The van der Waals surface area contributed by atoms with E-state index in [0.717, 1.165) is 12.1 Å². The lowest BCUT2D eigenvalue weighted by Gasteiger charge is -2.41. The minimum absolute atomic E-state index is 0.0434. The summed E-state index contributed by atoms with van der Waals surface area (Å²) in [7, 11) is 0. The summed E-state index contributed by atoms with van der Waals surface area (Å²) in [6.07, 6.45) is 2.48. The van der Waals surface area contributed by atoms with Crippen LogP contribution in [0.5, 0.6) is 0 Å². The molecule has 0 spiro atoms. The van der Waals surface area contributed by atoms with Crippen molar-refractivity contribution in [2.75, 3.05) is 0 Å². The van der Waals surface area contributed by atoms with Gasteiger partial charge in [0, 0.05) is 11.7 Å². The molecule has 1 amide bonds. The number of nitrogens with one attached hydrogen (secondary N) is 1. The van der Waals surface area contributed by atoms with Gasteiger partial charge >= 0.3 is 0 Å². The number of rotatable bonds is 5. The van der Waals surface area contributed by atoms with Crippen LogP contribution in [0.2, 0.25) is 0 Å². The molecule has 2 heterocycles. The number of aliphatic hydroxyl groups is 1. The molecule has 2 aromatic heterocycles. The fraction of sp³-hybridized carbons (Fsp3) is 0.556. The van der Waals surface area contributed by atoms with Crippen LogP contribution in [0.1, 0.15) is 45.0 Å². The third-order valence-electron chi connectivity index (χ3n) is 4.66. The predicted molar refractivity (Wildman–Crippen MR) is 94.3 cm³/mol. The minimum Gasteiger partial charge on any atom is -0.390 e. The van der Waals surface area contributed by atoms with E-state index >= 15 is 0 Å². The Balaban J connectivity index is 1.85. The molecule has 7 heteroatoms. The molecule has 0 unspecified atom stereocenters. The van der Waals surface area contributed by atoms with E-state index in [1.54, 1.807) is 13.0 Å². The summed E-state index contributed by atoms with van der Waals surface area (Å²) < 4.78 is 1.21. The number of hydrogen-bond donors (Lipinski definition) is 2. The molecule has 1 aliphatic rings. The van der Waals surface area contributed by atoms with Crippen molar-refractivity contribution in [3.05, 3.63) is 33.9 Å². The van der Waals surface area contributed by atoms with E-state index in [1.165, 1.54) is 4.68 Å². The second-order valence-electron chi connectivity index (χ2n) is 6.98. The minimum atomic E-state index is -0.700. The van der Waals surface area contributed by atoms with Crippen molar-refractivity contribution in [1.82, 2.24) is 20.1 Å². The van der Waals surface area contributed by atoms with Crippen LogP contribution in [0.15, 0.2) is 16.9 Å². The lowest BCUT2D eigenvalue weighted by Crippen LogP contribution is -2.54. The third-order valence-corrected chi connectivity index (χ3v) is 4.66. The van der Waals surface area contributed by atoms with Crippen LogP contribution in [0, 0.1) is 0 Å². The Labute approximate surface area is 146 Å². The summed E-state index contributed by atoms with van der Waals surface area (Å²) in [4.78, 5) is 29.4. The molecule has 7 nitrogen and oxygen atoms in total. The van der Waals surface area contributed by atoms with Crippen molar-refractivity contribution < 1.29 is 9.90 Å². The Morgan fingerprint density at radius 1 is 1.36 bits per heavy atom. The van der Waals surface area contributed by atoms with Gasteiger partial charge in [0.25, 0.3) is 5.56 Å². The van der Waals surface area contributed by atoms with Crippen molar-refractivity contribution in [3.8, 4) is 0 Å². The van der Waals surface area contributed by atoms with Gasteiger partial charge in [-0.25, -0.2) is 4.68 Å². The molecular formula is C18H24N4O3. The normalized spacial score (nSPS) is 22.6. The lowest BCUT2D eigenvalue weighted by atomic mass is 9.77. The molecule has 0 aromatic carbocycles. The highest BCUT2D eigenvalue weighted by molar-refractivity contribution is 5.80. The van der Waals surface area contributed by atoms with Crippen molar-refractivity contribution in [2.45, 2.75) is 64.6 Å². The van der Waals surface area contributed by atoms with E-state index in [9.17, 15) is 14.7 Å². The molecule has 1 aliphatic carbocycles. The standard InChI is InChI=1S/C18H24N4O3/c1-4-11-6-7-13-16(20-11)14(5-2)21-22(17(13)24)10-15(23)19-12-8-18(3,25)9-12/h6-7,12,25H,4-5,8-10H2,1-3H3,(H,19,23).